The second-order valence-corrected chi connectivity index (χ2v) is 7.57. The fourth-order valence-corrected chi connectivity index (χ4v) is 3.38. The number of anilines is 1. The first kappa shape index (κ1) is 16.4. The minimum atomic E-state index is -3.82. The first-order chi connectivity index (χ1) is 11.5. The first-order valence-corrected chi connectivity index (χ1v) is 9.06. The number of sulfone groups is 1. The predicted octanol–water partition coefficient (Wildman–Crippen LogP) is 3.52. The van der Waals surface area contributed by atoms with E-state index in [1.165, 1.54) is 30.5 Å². The lowest BCUT2D eigenvalue weighted by Gasteiger charge is -2.03. The summed E-state index contributed by atoms with van der Waals surface area (Å²) in [4.78, 5) is 16.1. The molecule has 1 N–H and O–H groups in total. The number of carbonyl (C=O) groups excluding carboxylic acids is 1. The molecular weight excluding hydrogens is 396 g/mol. The molecule has 0 radical (unpaired) electrons. The number of halogens is 1. The van der Waals surface area contributed by atoms with E-state index in [0.29, 0.717) is 5.69 Å². The van der Waals surface area contributed by atoms with Gasteiger partial charge in [0.15, 0.2) is 5.76 Å². The van der Waals surface area contributed by atoms with Crippen LogP contribution in [0.2, 0.25) is 0 Å². The largest absolute Gasteiger partial charge is 0.439 e. The molecule has 0 aliphatic rings. The molecule has 1 amide bonds. The Bertz CT molecular complexity index is 967. The van der Waals surface area contributed by atoms with Gasteiger partial charge in [0, 0.05) is 10.7 Å². The Morgan fingerprint density at radius 3 is 2.50 bits per heavy atom. The van der Waals surface area contributed by atoms with Crippen LogP contribution in [0.3, 0.4) is 0 Å². The van der Waals surface area contributed by atoms with Gasteiger partial charge in [0.2, 0.25) is 14.9 Å². The quantitative estimate of drug-likeness (QED) is 0.715. The molecule has 0 bridgehead atoms. The summed E-state index contributed by atoms with van der Waals surface area (Å²) in [5.74, 6) is -0.658. The minimum absolute atomic E-state index is 0.0827. The average Bonchev–Trinajstić information content (AvgIpc) is 3.07. The number of amides is 1. The number of benzene rings is 1. The Balaban J connectivity index is 1.84. The number of pyridine rings is 1. The van der Waals surface area contributed by atoms with Crippen molar-refractivity contribution in [2.45, 2.75) is 9.99 Å². The zero-order chi connectivity index (χ0) is 17.2. The summed E-state index contributed by atoms with van der Waals surface area (Å²) in [5, 5.41) is 2.28. The van der Waals surface area contributed by atoms with Crippen molar-refractivity contribution < 1.29 is 17.6 Å². The number of aromatic nitrogens is 1. The number of nitrogens with zero attached hydrogens (tertiary/aromatic N) is 1. The van der Waals surface area contributed by atoms with E-state index in [4.69, 9.17) is 4.42 Å². The lowest BCUT2D eigenvalue weighted by Crippen LogP contribution is -2.11. The lowest BCUT2D eigenvalue weighted by molar-refractivity contribution is 0.0991. The van der Waals surface area contributed by atoms with Gasteiger partial charge in [0.25, 0.3) is 5.91 Å². The van der Waals surface area contributed by atoms with Crippen molar-refractivity contribution in [2.75, 3.05) is 5.32 Å². The van der Waals surface area contributed by atoms with E-state index >= 15 is 0 Å². The highest BCUT2D eigenvalue weighted by atomic mass is 79.9. The van der Waals surface area contributed by atoms with E-state index in [1.807, 2.05) is 0 Å². The van der Waals surface area contributed by atoms with Crippen LogP contribution in [0, 0.1) is 0 Å². The predicted molar refractivity (Wildman–Crippen MR) is 90.5 cm³/mol. The van der Waals surface area contributed by atoms with Crippen molar-refractivity contribution in [2.24, 2.45) is 0 Å². The van der Waals surface area contributed by atoms with Crippen LogP contribution in [0.25, 0.3) is 0 Å². The van der Waals surface area contributed by atoms with E-state index < -0.39 is 15.7 Å². The number of carbonyl (C=O) groups is 1. The summed E-state index contributed by atoms with van der Waals surface area (Å²) in [6.45, 7) is 0. The maximum absolute atomic E-state index is 12.5. The van der Waals surface area contributed by atoms with Gasteiger partial charge in [0.1, 0.15) is 0 Å². The molecule has 3 rings (SSSR count). The summed E-state index contributed by atoms with van der Waals surface area (Å²) in [6, 6.07) is 12.0. The van der Waals surface area contributed by atoms with Crippen LogP contribution < -0.4 is 5.32 Å². The van der Waals surface area contributed by atoms with Crippen LogP contribution in [0.1, 0.15) is 10.6 Å². The highest BCUT2D eigenvalue weighted by Gasteiger charge is 2.23. The van der Waals surface area contributed by atoms with E-state index in [2.05, 4.69) is 26.2 Å². The molecule has 0 aliphatic carbocycles. The van der Waals surface area contributed by atoms with Crippen LogP contribution in [-0.4, -0.2) is 19.3 Å². The molecule has 0 unspecified atom stereocenters. The summed E-state index contributed by atoms with van der Waals surface area (Å²) in [6.07, 6.45) is 3.05. The molecule has 24 heavy (non-hydrogen) atoms. The van der Waals surface area contributed by atoms with Gasteiger partial charge >= 0.3 is 0 Å². The number of nitrogens with one attached hydrogen (secondary N) is 1. The SMILES string of the molecule is O=C(Nc1cccnc1)c1ccc(S(=O)(=O)c2ccc(Br)cc2)o1. The number of furan rings is 1. The summed E-state index contributed by atoms with van der Waals surface area (Å²) < 4.78 is 31.0. The van der Waals surface area contributed by atoms with Crippen molar-refractivity contribution in [3.63, 3.8) is 0 Å². The molecule has 122 valence electrons. The Hall–Kier alpha value is -2.45. The molecule has 2 heterocycles. The second kappa shape index (κ2) is 6.58. The Morgan fingerprint density at radius 2 is 1.83 bits per heavy atom. The van der Waals surface area contributed by atoms with Crippen molar-refractivity contribution in [3.05, 3.63) is 71.2 Å². The van der Waals surface area contributed by atoms with Crippen molar-refractivity contribution in [3.8, 4) is 0 Å². The third kappa shape index (κ3) is 3.39. The van der Waals surface area contributed by atoms with E-state index in [-0.39, 0.29) is 15.7 Å². The third-order valence-electron chi connectivity index (χ3n) is 3.11. The highest BCUT2D eigenvalue weighted by Crippen LogP contribution is 2.24. The van der Waals surface area contributed by atoms with E-state index in [9.17, 15) is 13.2 Å². The van der Waals surface area contributed by atoms with Gasteiger partial charge in [-0.25, -0.2) is 8.42 Å². The second-order valence-electron chi connectivity index (χ2n) is 4.77. The van der Waals surface area contributed by atoms with Crippen molar-refractivity contribution in [1.82, 2.24) is 4.98 Å². The minimum Gasteiger partial charge on any atom is -0.439 e. The fourth-order valence-electron chi connectivity index (χ4n) is 1.95. The average molecular weight is 407 g/mol. The Kier molecular flexibility index (Phi) is 4.50. The molecule has 6 nitrogen and oxygen atoms in total. The van der Waals surface area contributed by atoms with Gasteiger partial charge in [-0.05, 0) is 48.5 Å². The van der Waals surface area contributed by atoms with Gasteiger partial charge in [-0.15, -0.1) is 0 Å². The molecule has 0 fully saturated rings. The van der Waals surface area contributed by atoms with Crippen LogP contribution in [0.4, 0.5) is 5.69 Å². The van der Waals surface area contributed by atoms with Gasteiger partial charge in [-0.1, -0.05) is 15.9 Å². The molecule has 0 saturated carbocycles. The van der Waals surface area contributed by atoms with Gasteiger partial charge < -0.3 is 9.73 Å². The smallest absolute Gasteiger partial charge is 0.291 e. The fraction of sp³-hybridized carbons (Fsp3) is 0. The Morgan fingerprint density at radius 1 is 1.08 bits per heavy atom. The van der Waals surface area contributed by atoms with Crippen LogP contribution in [-0.2, 0) is 9.84 Å². The monoisotopic (exact) mass is 406 g/mol. The maximum Gasteiger partial charge on any atom is 0.291 e. The zero-order valence-electron chi connectivity index (χ0n) is 12.1. The number of hydrogen-bond acceptors (Lipinski definition) is 5. The molecule has 8 heteroatoms. The molecule has 3 aromatic rings. The summed E-state index contributed by atoms with van der Waals surface area (Å²) in [7, 11) is -3.82. The molecule has 0 atom stereocenters. The van der Waals surface area contributed by atoms with Gasteiger partial charge in [-0.2, -0.15) is 0 Å². The van der Waals surface area contributed by atoms with Crippen LogP contribution in [0.15, 0.2) is 79.8 Å². The van der Waals surface area contributed by atoms with Gasteiger partial charge in [0.05, 0.1) is 16.8 Å². The van der Waals surface area contributed by atoms with Crippen LogP contribution in [0.5, 0.6) is 0 Å². The third-order valence-corrected chi connectivity index (χ3v) is 5.28. The van der Waals surface area contributed by atoms with E-state index in [0.717, 1.165) is 4.47 Å². The number of rotatable bonds is 4. The maximum atomic E-state index is 12.5. The zero-order valence-corrected chi connectivity index (χ0v) is 14.5. The van der Waals surface area contributed by atoms with Crippen molar-refractivity contribution in [1.29, 1.82) is 0 Å². The Labute approximate surface area is 146 Å². The standard InChI is InChI=1S/C16H11BrN2O4S/c17-11-3-5-13(6-4-11)24(21,22)15-8-7-14(23-15)16(20)19-12-2-1-9-18-10-12/h1-10H,(H,19,20). The van der Waals surface area contributed by atoms with Crippen molar-refractivity contribution >= 4 is 37.4 Å². The molecular formula is C16H11BrN2O4S. The summed E-state index contributed by atoms with van der Waals surface area (Å²) in [5.41, 5.74) is 0.483. The van der Waals surface area contributed by atoms with Gasteiger partial charge in [-0.3, -0.25) is 9.78 Å². The molecule has 1 aromatic carbocycles. The first-order valence-electron chi connectivity index (χ1n) is 6.79. The normalized spacial score (nSPS) is 11.2. The molecule has 0 saturated heterocycles. The topological polar surface area (TPSA) is 89.3 Å². The lowest BCUT2D eigenvalue weighted by atomic mass is 10.4. The molecule has 0 spiro atoms. The van der Waals surface area contributed by atoms with Crippen LogP contribution >= 0.6 is 15.9 Å². The summed E-state index contributed by atoms with van der Waals surface area (Å²) >= 11 is 3.25. The van der Waals surface area contributed by atoms with E-state index in [1.54, 1.807) is 30.5 Å². The number of hydrogen-bond donors (Lipinski definition) is 1. The molecule has 0 aliphatic heterocycles. The highest BCUT2D eigenvalue weighted by molar-refractivity contribution is 9.10. The molecule has 2 aromatic heterocycles.